The fraction of sp³-hybridized carbons (Fsp3) is 0.250. The van der Waals surface area contributed by atoms with Gasteiger partial charge in [-0.1, -0.05) is 6.07 Å². The van der Waals surface area contributed by atoms with Crippen LogP contribution in [0.3, 0.4) is 0 Å². The van der Waals surface area contributed by atoms with E-state index < -0.39 is 0 Å². The second-order valence-corrected chi connectivity index (χ2v) is 3.31. The molecule has 0 fully saturated rings. The van der Waals surface area contributed by atoms with Crippen LogP contribution in [0.4, 0.5) is 0 Å². The molecular weight excluding hydrogens is 224 g/mol. The van der Waals surface area contributed by atoms with Crippen LogP contribution in [0.15, 0.2) is 36.5 Å². The molecule has 0 spiro atoms. The number of fused-ring (bicyclic) bond motifs is 1. The first kappa shape index (κ1) is 12.7. The first-order valence-corrected chi connectivity index (χ1v) is 5.02. The van der Waals surface area contributed by atoms with Crippen LogP contribution in [0.25, 0.3) is 10.9 Å². The zero-order chi connectivity index (χ0) is 10.5. The molecule has 4 heteroatoms. The van der Waals surface area contributed by atoms with Crippen LogP contribution in [-0.4, -0.2) is 25.2 Å². The number of likely N-dealkylation sites (N-methyl/N-ethyl adjacent to an activating group) is 1. The van der Waals surface area contributed by atoms with E-state index in [9.17, 15) is 0 Å². The molecule has 2 aromatic rings. The molecule has 1 heterocycles. The molecule has 0 aliphatic rings. The number of nitrogens with zero attached hydrogens (tertiary/aromatic N) is 1. The van der Waals surface area contributed by atoms with Gasteiger partial charge in [0.05, 0.1) is 5.52 Å². The van der Waals surface area contributed by atoms with Crippen LogP contribution >= 0.6 is 12.4 Å². The minimum atomic E-state index is 0. The van der Waals surface area contributed by atoms with Gasteiger partial charge in [-0.15, -0.1) is 12.4 Å². The number of halogens is 1. The number of benzene rings is 1. The van der Waals surface area contributed by atoms with Crippen molar-refractivity contribution < 1.29 is 4.74 Å². The fourth-order valence-electron chi connectivity index (χ4n) is 1.41. The van der Waals surface area contributed by atoms with Crippen molar-refractivity contribution >= 4 is 23.3 Å². The van der Waals surface area contributed by atoms with E-state index in [0.29, 0.717) is 6.61 Å². The van der Waals surface area contributed by atoms with Gasteiger partial charge in [0.15, 0.2) is 0 Å². The average molecular weight is 239 g/mol. The zero-order valence-electron chi connectivity index (χ0n) is 9.14. The van der Waals surface area contributed by atoms with E-state index in [-0.39, 0.29) is 12.4 Å². The molecule has 0 aliphatic carbocycles. The monoisotopic (exact) mass is 238 g/mol. The number of ether oxygens (including phenoxy) is 1. The molecule has 1 aromatic heterocycles. The van der Waals surface area contributed by atoms with Gasteiger partial charge >= 0.3 is 0 Å². The molecule has 0 saturated carbocycles. The van der Waals surface area contributed by atoms with Crippen LogP contribution in [0, 0.1) is 0 Å². The third-order valence-corrected chi connectivity index (χ3v) is 2.20. The summed E-state index contributed by atoms with van der Waals surface area (Å²) < 4.78 is 5.56. The summed E-state index contributed by atoms with van der Waals surface area (Å²) in [5.41, 5.74) is 0.999. The second kappa shape index (κ2) is 6.30. The molecule has 0 amide bonds. The molecule has 0 bridgehead atoms. The maximum absolute atomic E-state index is 5.56. The normalized spacial score (nSPS) is 9.81. The smallest absolute Gasteiger partial charge is 0.120 e. The zero-order valence-corrected chi connectivity index (χ0v) is 9.96. The Morgan fingerprint density at radius 1 is 1.31 bits per heavy atom. The van der Waals surface area contributed by atoms with Gasteiger partial charge in [-0.2, -0.15) is 0 Å². The Balaban J connectivity index is 0.00000128. The Bertz CT molecular complexity index is 448. The van der Waals surface area contributed by atoms with Gasteiger partial charge in [-0.05, 0) is 31.3 Å². The van der Waals surface area contributed by atoms with E-state index in [1.54, 1.807) is 6.20 Å². The Hall–Kier alpha value is -1.32. The molecule has 0 radical (unpaired) electrons. The van der Waals surface area contributed by atoms with Crippen molar-refractivity contribution in [2.45, 2.75) is 0 Å². The summed E-state index contributed by atoms with van der Waals surface area (Å²) in [6.07, 6.45) is 1.80. The highest BCUT2D eigenvalue weighted by molar-refractivity contribution is 5.85. The maximum Gasteiger partial charge on any atom is 0.120 e. The fourth-order valence-corrected chi connectivity index (χ4v) is 1.41. The van der Waals surface area contributed by atoms with Crippen molar-refractivity contribution in [2.75, 3.05) is 20.2 Å². The second-order valence-electron chi connectivity index (χ2n) is 3.31. The van der Waals surface area contributed by atoms with E-state index in [0.717, 1.165) is 23.2 Å². The topological polar surface area (TPSA) is 34.1 Å². The minimum Gasteiger partial charge on any atom is -0.492 e. The van der Waals surface area contributed by atoms with E-state index >= 15 is 0 Å². The predicted octanol–water partition coefficient (Wildman–Crippen LogP) is 2.25. The Labute approximate surface area is 101 Å². The summed E-state index contributed by atoms with van der Waals surface area (Å²) in [6, 6.07) is 9.90. The highest BCUT2D eigenvalue weighted by atomic mass is 35.5. The van der Waals surface area contributed by atoms with E-state index in [1.165, 1.54) is 0 Å². The molecule has 1 aromatic carbocycles. The molecule has 0 unspecified atom stereocenters. The third-order valence-electron chi connectivity index (χ3n) is 2.20. The summed E-state index contributed by atoms with van der Waals surface area (Å²) in [5, 5.41) is 4.15. The van der Waals surface area contributed by atoms with Crippen molar-refractivity contribution in [3.05, 3.63) is 36.5 Å². The third kappa shape index (κ3) is 3.08. The van der Waals surface area contributed by atoms with Gasteiger partial charge in [0.1, 0.15) is 12.4 Å². The van der Waals surface area contributed by atoms with Crippen LogP contribution in [0.1, 0.15) is 0 Å². The van der Waals surface area contributed by atoms with E-state index in [1.807, 2.05) is 37.4 Å². The molecule has 16 heavy (non-hydrogen) atoms. The molecule has 3 nitrogen and oxygen atoms in total. The molecule has 0 aliphatic heterocycles. The number of rotatable bonds is 4. The first-order chi connectivity index (χ1) is 7.40. The average Bonchev–Trinajstić information content (AvgIpc) is 2.29. The number of hydrogen-bond acceptors (Lipinski definition) is 3. The predicted molar refractivity (Wildman–Crippen MR) is 68.4 cm³/mol. The van der Waals surface area contributed by atoms with Crippen molar-refractivity contribution in [1.82, 2.24) is 10.3 Å². The van der Waals surface area contributed by atoms with E-state index in [2.05, 4.69) is 10.3 Å². The quantitative estimate of drug-likeness (QED) is 0.830. The van der Waals surface area contributed by atoms with Crippen molar-refractivity contribution in [1.29, 1.82) is 0 Å². The Morgan fingerprint density at radius 2 is 2.19 bits per heavy atom. The van der Waals surface area contributed by atoms with Crippen LogP contribution in [0.2, 0.25) is 0 Å². The van der Waals surface area contributed by atoms with Gasteiger partial charge in [-0.25, -0.2) is 0 Å². The molecule has 0 atom stereocenters. The number of pyridine rings is 1. The lowest BCUT2D eigenvalue weighted by atomic mass is 10.2. The standard InChI is InChI=1S/C12H14N2O.ClH/c1-13-7-8-15-11-4-5-12-10(9-11)3-2-6-14-12;/h2-6,9,13H,7-8H2,1H3;1H. The Kier molecular flexibility index (Phi) is 5.02. The largest absolute Gasteiger partial charge is 0.492 e. The van der Waals surface area contributed by atoms with Gasteiger partial charge in [0.2, 0.25) is 0 Å². The molecule has 1 N–H and O–H groups in total. The highest BCUT2D eigenvalue weighted by Crippen LogP contribution is 2.18. The van der Waals surface area contributed by atoms with Gasteiger partial charge in [-0.3, -0.25) is 4.98 Å². The van der Waals surface area contributed by atoms with Gasteiger partial charge < -0.3 is 10.1 Å². The summed E-state index contributed by atoms with van der Waals surface area (Å²) >= 11 is 0. The molecule has 86 valence electrons. The highest BCUT2D eigenvalue weighted by Gasteiger charge is 1.96. The van der Waals surface area contributed by atoms with Crippen LogP contribution < -0.4 is 10.1 Å². The Morgan fingerprint density at radius 3 is 3.00 bits per heavy atom. The minimum absolute atomic E-state index is 0. The van der Waals surface area contributed by atoms with Crippen molar-refractivity contribution in [2.24, 2.45) is 0 Å². The van der Waals surface area contributed by atoms with E-state index in [4.69, 9.17) is 4.74 Å². The summed E-state index contributed by atoms with van der Waals surface area (Å²) in [6.45, 7) is 1.54. The SMILES string of the molecule is CNCCOc1ccc2ncccc2c1.Cl. The lowest BCUT2D eigenvalue weighted by molar-refractivity contribution is 0.319. The maximum atomic E-state index is 5.56. The van der Waals surface area contributed by atoms with Gasteiger partial charge in [0.25, 0.3) is 0 Å². The first-order valence-electron chi connectivity index (χ1n) is 5.02. The van der Waals surface area contributed by atoms with Gasteiger partial charge in [0, 0.05) is 18.1 Å². The summed E-state index contributed by atoms with van der Waals surface area (Å²) in [7, 11) is 1.91. The molecule has 0 saturated heterocycles. The summed E-state index contributed by atoms with van der Waals surface area (Å²) in [4.78, 5) is 4.25. The van der Waals surface area contributed by atoms with Crippen LogP contribution in [-0.2, 0) is 0 Å². The number of nitrogens with one attached hydrogen (secondary N) is 1. The number of aromatic nitrogens is 1. The van der Waals surface area contributed by atoms with Crippen molar-refractivity contribution in [3.8, 4) is 5.75 Å². The van der Waals surface area contributed by atoms with Crippen molar-refractivity contribution in [3.63, 3.8) is 0 Å². The molecular formula is C12H15ClN2O. The van der Waals surface area contributed by atoms with Crippen LogP contribution in [0.5, 0.6) is 5.75 Å². The lowest BCUT2D eigenvalue weighted by Crippen LogP contribution is -2.15. The lowest BCUT2D eigenvalue weighted by Gasteiger charge is -2.06. The summed E-state index contributed by atoms with van der Waals surface area (Å²) in [5.74, 6) is 0.894. The molecule has 2 rings (SSSR count). The number of hydrogen-bond donors (Lipinski definition) is 1.